The van der Waals surface area contributed by atoms with Gasteiger partial charge in [-0.05, 0) is 48.6 Å². The fourth-order valence-corrected chi connectivity index (χ4v) is 4.00. The van der Waals surface area contributed by atoms with E-state index in [9.17, 15) is 14.4 Å². The van der Waals surface area contributed by atoms with E-state index in [1.807, 2.05) is 19.1 Å². The zero-order chi connectivity index (χ0) is 24.9. The lowest BCUT2D eigenvalue weighted by atomic mass is 9.85. The third kappa shape index (κ3) is 6.59. The Morgan fingerprint density at radius 3 is 2.35 bits per heavy atom. The highest BCUT2D eigenvalue weighted by Crippen LogP contribution is 2.32. The van der Waals surface area contributed by atoms with Crippen molar-refractivity contribution >= 4 is 17.8 Å². The number of ether oxygens (including phenoxy) is 2. The normalized spacial score (nSPS) is 14.4. The van der Waals surface area contributed by atoms with Crippen LogP contribution in [0.25, 0.3) is 0 Å². The Morgan fingerprint density at radius 2 is 1.65 bits per heavy atom. The minimum Gasteiger partial charge on any atom is -0.483 e. The lowest BCUT2D eigenvalue weighted by Crippen LogP contribution is -2.39. The first-order chi connectivity index (χ1) is 16.0. The molecule has 2 amide bonds. The number of carbonyl (C=O) groups excluding carboxylic acids is 3. The van der Waals surface area contributed by atoms with Crippen LogP contribution >= 0.6 is 0 Å². The van der Waals surface area contributed by atoms with E-state index < -0.39 is 5.97 Å². The van der Waals surface area contributed by atoms with E-state index in [0.717, 1.165) is 16.9 Å². The van der Waals surface area contributed by atoms with Crippen LogP contribution in [0.2, 0.25) is 0 Å². The van der Waals surface area contributed by atoms with Crippen molar-refractivity contribution in [2.24, 2.45) is 0 Å². The van der Waals surface area contributed by atoms with E-state index in [4.69, 9.17) is 9.47 Å². The van der Waals surface area contributed by atoms with E-state index in [1.165, 1.54) is 6.92 Å². The molecule has 0 aliphatic carbocycles. The third-order valence-corrected chi connectivity index (χ3v) is 5.77. The van der Waals surface area contributed by atoms with Gasteiger partial charge in [0.05, 0.1) is 0 Å². The average Bonchev–Trinajstić information content (AvgIpc) is 3.03. The highest BCUT2D eigenvalue weighted by molar-refractivity contribution is 5.94. The van der Waals surface area contributed by atoms with Gasteiger partial charge in [0.15, 0.2) is 6.61 Å². The number of aryl methyl sites for hydroxylation is 1. The molecule has 1 aliphatic heterocycles. The van der Waals surface area contributed by atoms with Crippen LogP contribution in [0.5, 0.6) is 11.5 Å². The van der Waals surface area contributed by atoms with Crippen molar-refractivity contribution < 1.29 is 23.9 Å². The molecule has 0 unspecified atom stereocenters. The van der Waals surface area contributed by atoms with Crippen molar-refractivity contribution in [2.75, 3.05) is 32.8 Å². The topological polar surface area (TPSA) is 76.2 Å². The van der Waals surface area contributed by atoms with Crippen molar-refractivity contribution in [3.05, 3.63) is 59.2 Å². The fourth-order valence-electron chi connectivity index (χ4n) is 4.00. The molecule has 1 aliphatic rings. The minimum absolute atomic E-state index is 0.0372. The smallest absolute Gasteiger partial charge is 0.308 e. The Balaban J connectivity index is 1.60. The number of rotatable bonds is 5. The molecule has 182 valence electrons. The summed E-state index contributed by atoms with van der Waals surface area (Å²) in [6.07, 6.45) is 0.679. The van der Waals surface area contributed by atoms with E-state index in [1.54, 1.807) is 34.1 Å². The van der Waals surface area contributed by atoms with Gasteiger partial charge < -0.3 is 19.3 Å². The largest absolute Gasteiger partial charge is 0.483 e. The molecule has 7 nitrogen and oxygen atoms in total. The lowest BCUT2D eigenvalue weighted by molar-refractivity contribution is -0.133. The number of amides is 2. The Labute approximate surface area is 201 Å². The van der Waals surface area contributed by atoms with E-state index in [0.29, 0.717) is 43.9 Å². The van der Waals surface area contributed by atoms with Gasteiger partial charge in [-0.25, -0.2) is 0 Å². The molecule has 0 N–H and O–H groups in total. The number of hydrogen-bond acceptors (Lipinski definition) is 5. The number of hydrogen-bond donors (Lipinski definition) is 0. The molecule has 0 spiro atoms. The summed E-state index contributed by atoms with van der Waals surface area (Å²) < 4.78 is 11.0. The van der Waals surface area contributed by atoms with Gasteiger partial charge in [-0.3, -0.25) is 14.4 Å². The summed E-state index contributed by atoms with van der Waals surface area (Å²) in [7, 11) is 0. The second-order valence-electron chi connectivity index (χ2n) is 9.69. The molecule has 1 heterocycles. The van der Waals surface area contributed by atoms with E-state index in [2.05, 4.69) is 26.8 Å². The Bertz CT molecular complexity index is 1060. The summed E-state index contributed by atoms with van der Waals surface area (Å²) in [5, 5.41) is 0. The van der Waals surface area contributed by atoms with Crippen molar-refractivity contribution in [2.45, 2.75) is 46.5 Å². The van der Waals surface area contributed by atoms with Crippen LogP contribution in [0.1, 0.15) is 55.6 Å². The molecular weight excluding hydrogens is 432 g/mol. The van der Waals surface area contributed by atoms with Crippen LogP contribution in [-0.4, -0.2) is 60.4 Å². The van der Waals surface area contributed by atoms with Crippen LogP contribution < -0.4 is 9.47 Å². The Kier molecular flexibility index (Phi) is 7.97. The molecule has 0 bridgehead atoms. The SMILES string of the molecule is CC(=O)Oc1cccc(C(=O)N2CCCN(C(=O)COc3ccc(C)cc3C(C)(C)C)CC2)c1. The van der Waals surface area contributed by atoms with Crippen LogP contribution in [0, 0.1) is 6.92 Å². The number of nitrogens with zero attached hydrogens (tertiary/aromatic N) is 2. The van der Waals surface area contributed by atoms with Crippen molar-refractivity contribution in [3.8, 4) is 11.5 Å². The molecular formula is C27H34N2O5. The quantitative estimate of drug-likeness (QED) is 0.492. The first-order valence-electron chi connectivity index (χ1n) is 11.6. The maximum atomic E-state index is 13.0. The standard InChI is InChI=1S/C27H34N2O5/c1-19-10-11-24(23(16-19)27(3,4)5)33-18-25(31)28-12-7-13-29(15-14-28)26(32)21-8-6-9-22(17-21)34-20(2)30/h6,8-11,16-17H,7,12-15,18H2,1-5H3. The average molecular weight is 467 g/mol. The van der Waals surface area contributed by atoms with E-state index in [-0.39, 0.29) is 23.8 Å². The second kappa shape index (κ2) is 10.7. The van der Waals surface area contributed by atoms with Crippen LogP contribution in [0.3, 0.4) is 0 Å². The molecule has 0 radical (unpaired) electrons. The van der Waals surface area contributed by atoms with Crippen molar-refractivity contribution in [1.29, 1.82) is 0 Å². The first-order valence-corrected chi connectivity index (χ1v) is 11.6. The maximum Gasteiger partial charge on any atom is 0.308 e. The first kappa shape index (κ1) is 25.3. The van der Waals surface area contributed by atoms with Crippen LogP contribution in [0.15, 0.2) is 42.5 Å². The van der Waals surface area contributed by atoms with Gasteiger partial charge in [0.1, 0.15) is 11.5 Å². The molecule has 0 aromatic heterocycles. The van der Waals surface area contributed by atoms with Gasteiger partial charge in [-0.2, -0.15) is 0 Å². The Morgan fingerprint density at radius 1 is 0.941 bits per heavy atom. The molecule has 1 fully saturated rings. The predicted molar refractivity (Wildman–Crippen MR) is 130 cm³/mol. The Hall–Kier alpha value is -3.35. The van der Waals surface area contributed by atoms with Gasteiger partial charge in [-0.15, -0.1) is 0 Å². The van der Waals surface area contributed by atoms with Gasteiger partial charge in [0.25, 0.3) is 11.8 Å². The summed E-state index contributed by atoms with van der Waals surface area (Å²) >= 11 is 0. The summed E-state index contributed by atoms with van der Waals surface area (Å²) in [6, 6.07) is 12.6. The lowest BCUT2D eigenvalue weighted by Gasteiger charge is -2.25. The predicted octanol–water partition coefficient (Wildman–Crippen LogP) is 3.97. The molecule has 3 rings (SSSR count). The number of benzene rings is 2. The van der Waals surface area contributed by atoms with Gasteiger partial charge in [0.2, 0.25) is 0 Å². The molecule has 34 heavy (non-hydrogen) atoms. The number of esters is 1. The molecule has 2 aromatic rings. The fraction of sp³-hybridized carbons (Fsp3) is 0.444. The highest BCUT2D eigenvalue weighted by atomic mass is 16.5. The monoisotopic (exact) mass is 466 g/mol. The van der Waals surface area contributed by atoms with Crippen LogP contribution in [-0.2, 0) is 15.0 Å². The van der Waals surface area contributed by atoms with Gasteiger partial charge in [0, 0.05) is 38.7 Å². The van der Waals surface area contributed by atoms with E-state index >= 15 is 0 Å². The number of carbonyl (C=O) groups is 3. The van der Waals surface area contributed by atoms with Crippen molar-refractivity contribution in [1.82, 2.24) is 9.80 Å². The van der Waals surface area contributed by atoms with Crippen molar-refractivity contribution in [3.63, 3.8) is 0 Å². The molecule has 0 atom stereocenters. The molecule has 7 heteroatoms. The zero-order valence-electron chi connectivity index (χ0n) is 20.7. The zero-order valence-corrected chi connectivity index (χ0v) is 20.7. The minimum atomic E-state index is -0.434. The van der Waals surface area contributed by atoms with Crippen LogP contribution in [0.4, 0.5) is 0 Å². The highest BCUT2D eigenvalue weighted by Gasteiger charge is 2.25. The molecule has 0 saturated carbocycles. The molecule has 1 saturated heterocycles. The van der Waals surface area contributed by atoms with Gasteiger partial charge >= 0.3 is 5.97 Å². The summed E-state index contributed by atoms with van der Waals surface area (Å²) in [6.45, 7) is 11.7. The summed E-state index contributed by atoms with van der Waals surface area (Å²) in [5.74, 6) is 0.398. The third-order valence-electron chi connectivity index (χ3n) is 5.77. The molecule has 2 aromatic carbocycles. The summed E-state index contributed by atoms with van der Waals surface area (Å²) in [5.41, 5.74) is 2.58. The van der Waals surface area contributed by atoms with Gasteiger partial charge in [-0.1, -0.05) is 44.5 Å². The maximum absolute atomic E-state index is 13.0. The summed E-state index contributed by atoms with van der Waals surface area (Å²) in [4.78, 5) is 40.6. The second-order valence-corrected chi connectivity index (χ2v) is 9.69.